The van der Waals surface area contributed by atoms with Gasteiger partial charge in [0.2, 0.25) is 0 Å². The smallest absolute Gasteiger partial charge is 0.187 e. The third-order valence-corrected chi connectivity index (χ3v) is 3.31. The van der Waals surface area contributed by atoms with Crippen LogP contribution in [0.5, 0.6) is 11.5 Å². The second kappa shape index (κ2) is 6.90. The van der Waals surface area contributed by atoms with E-state index < -0.39 is 6.04 Å². The molecule has 0 saturated heterocycles. The molecule has 0 aliphatic rings. The van der Waals surface area contributed by atoms with Crippen molar-refractivity contribution in [2.24, 2.45) is 5.73 Å². The Bertz CT molecular complexity index is 588. The van der Waals surface area contributed by atoms with E-state index in [4.69, 9.17) is 15.2 Å². The van der Waals surface area contributed by atoms with Crippen molar-refractivity contribution in [3.8, 4) is 11.5 Å². The molecule has 0 aliphatic carbocycles. The summed E-state index contributed by atoms with van der Waals surface area (Å²) in [5.74, 6) is 0.763. The molecule has 0 radical (unpaired) electrons. The molecule has 110 valence electrons. The van der Waals surface area contributed by atoms with E-state index in [1.165, 1.54) is 14.2 Å². The van der Waals surface area contributed by atoms with Crippen LogP contribution in [0.2, 0.25) is 0 Å². The Labute approximate surface area is 124 Å². The molecule has 0 spiro atoms. The van der Waals surface area contributed by atoms with Gasteiger partial charge in [-0.05, 0) is 24.1 Å². The van der Waals surface area contributed by atoms with Gasteiger partial charge in [0.15, 0.2) is 5.78 Å². The quantitative estimate of drug-likeness (QED) is 0.828. The highest BCUT2D eigenvalue weighted by Crippen LogP contribution is 2.29. The zero-order valence-corrected chi connectivity index (χ0v) is 12.2. The first-order chi connectivity index (χ1) is 10.2. The van der Waals surface area contributed by atoms with Crippen molar-refractivity contribution < 1.29 is 14.3 Å². The summed E-state index contributed by atoms with van der Waals surface area (Å²) in [6.45, 7) is 0. The Morgan fingerprint density at radius 3 is 2.10 bits per heavy atom. The van der Waals surface area contributed by atoms with E-state index in [1.54, 1.807) is 18.2 Å². The summed E-state index contributed by atoms with van der Waals surface area (Å²) in [5, 5.41) is 0. The first-order valence-corrected chi connectivity index (χ1v) is 6.72. The molecule has 0 aromatic heterocycles. The van der Waals surface area contributed by atoms with Crippen LogP contribution in [0.15, 0.2) is 48.5 Å². The molecular formula is C17H19NO3. The molecule has 2 N–H and O–H groups in total. The summed E-state index contributed by atoms with van der Waals surface area (Å²) in [6.07, 6.45) is 0.473. The Morgan fingerprint density at radius 2 is 1.57 bits per heavy atom. The lowest BCUT2D eigenvalue weighted by Crippen LogP contribution is -2.33. The van der Waals surface area contributed by atoms with Gasteiger partial charge in [-0.2, -0.15) is 0 Å². The fraction of sp³-hybridized carbons (Fsp3) is 0.235. The Morgan fingerprint density at radius 1 is 1.00 bits per heavy atom. The van der Waals surface area contributed by atoms with Gasteiger partial charge in [-0.15, -0.1) is 0 Å². The van der Waals surface area contributed by atoms with Gasteiger partial charge in [0.05, 0.1) is 20.3 Å². The number of benzene rings is 2. The molecule has 4 nitrogen and oxygen atoms in total. The van der Waals surface area contributed by atoms with Gasteiger partial charge in [-0.25, -0.2) is 0 Å². The molecule has 0 heterocycles. The lowest BCUT2D eigenvalue weighted by Gasteiger charge is -2.16. The summed E-state index contributed by atoms with van der Waals surface area (Å²) >= 11 is 0. The molecule has 0 bridgehead atoms. The first-order valence-electron chi connectivity index (χ1n) is 6.72. The highest BCUT2D eigenvalue weighted by molar-refractivity contribution is 6.04. The van der Waals surface area contributed by atoms with Crippen LogP contribution in [0.25, 0.3) is 0 Å². The van der Waals surface area contributed by atoms with E-state index in [0.29, 0.717) is 23.5 Å². The van der Waals surface area contributed by atoms with Crippen LogP contribution in [0, 0.1) is 0 Å². The van der Waals surface area contributed by atoms with Crippen LogP contribution in [0.3, 0.4) is 0 Å². The minimum Gasteiger partial charge on any atom is -0.496 e. The molecule has 4 heteroatoms. The molecule has 2 aromatic rings. The highest BCUT2D eigenvalue weighted by atomic mass is 16.5. The van der Waals surface area contributed by atoms with Crippen molar-refractivity contribution in [3.05, 3.63) is 59.7 Å². The second-order valence-corrected chi connectivity index (χ2v) is 4.70. The second-order valence-electron chi connectivity index (χ2n) is 4.70. The summed E-state index contributed by atoms with van der Waals surface area (Å²) in [5.41, 5.74) is 7.48. The Kier molecular flexibility index (Phi) is 4.95. The predicted octanol–water partition coefficient (Wildman–Crippen LogP) is 2.46. The molecule has 0 amide bonds. The van der Waals surface area contributed by atoms with Crippen LogP contribution in [-0.4, -0.2) is 26.0 Å². The van der Waals surface area contributed by atoms with Crippen molar-refractivity contribution >= 4 is 5.78 Å². The van der Waals surface area contributed by atoms with E-state index in [0.717, 1.165) is 5.56 Å². The number of carbonyl (C=O) groups excluding carboxylic acids is 1. The normalized spacial score (nSPS) is 11.8. The van der Waals surface area contributed by atoms with Crippen molar-refractivity contribution in [1.29, 1.82) is 0 Å². The first kappa shape index (κ1) is 15.1. The number of carbonyl (C=O) groups is 1. The van der Waals surface area contributed by atoms with Crippen molar-refractivity contribution in [3.63, 3.8) is 0 Å². The molecule has 0 fully saturated rings. The molecule has 2 aromatic carbocycles. The standard InChI is InChI=1S/C17H19NO3/c1-20-14-9-6-10-15(21-2)16(14)17(19)13(18)11-12-7-4-3-5-8-12/h3-10,13H,11,18H2,1-2H3. The number of ether oxygens (including phenoxy) is 2. The maximum atomic E-state index is 12.6. The van der Waals surface area contributed by atoms with E-state index in [1.807, 2.05) is 30.3 Å². The molecule has 0 saturated carbocycles. The molecule has 0 aliphatic heterocycles. The SMILES string of the molecule is COc1cccc(OC)c1C(=O)C(N)Cc1ccccc1. The molecular weight excluding hydrogens is 266 g/mol. The zero-order chi connectivity index (χ0) is 15.2. The number of methoxy groups -OCH3 is 2. The van der Waals surface area contributed by atoms with E-state index in [9.17, 15) is 4.79 Å². The lowest BCUT2D eigenvalue weighted by molar-refractivity contribution is 0.0954. The lowest BCUT2D eigenvalue weighted by atomic mass is 9.97. The number of hydrogen-bond donors (Lipinski definition) is 1. The van der Waals surface area contributed by atoms with Gasteiger partial charge in [0.1, 0.15) is 17.1 Å². The van der Waals surface area contributed by atoms with Crippen molar-refractivity contribution in [2.45, 2.75) is 12.5 Å². The summed E-state index contributed by atoms with van der Waals surface area (Å²) in [7, 11) is 3.04. The number of Topliss-reactive ketones (excluding diaryl/α,β-unsaturated/α-hetero) is 1. The van der Waals surface area contributed by atoms with Crippen LogP contribution in [0.1, 0.15) is 15.9 Å². The van der Waals surface area contributed by atoms with E-state index >= 15 is 0 Å². The number of ketones is 1. The van der Waals surface area contributed by atoms with E-state index in [-0.39, 0.29) is 5.78 Å². The van der Waals surface area contributed by atoms with Gasteiger partial charge >= 0.3 is 0 Å². The minimum atomic E-state index is -0.641. The van der Waals surface area contributed by atoms with Crippen LogP contribution < -0.4 is 15.2 Å². The fourth-order valence-corrected chi connectivity index (χ4v) is 2.24. The van der Waals surface area contributed by atoms with Gasteiger partial charge < -0.3 is 15.2 Å². The topological polar surface area (TPSA) is 61.5 Å². The number of rotatable bonds is 6. The molecule has 1 unspecified atom stereocenters. The largest absolute Gasteiger partial charge is 0.496 e. The summed E-state index contributed by atoms with van der Waals surface area (Å²) < 4.78 is 10.5. The predicted molar refractivity (Wildman–Crippen MR) is 82.0 cm³/mol. The average molecular weight is 285 g/mol. The average Bonchev–Trinajstić information content (AvgIpc) is 2.54. The summed E-state index contributed by atoms with van der Waals surface area (Å²) in [4.78, 5) is 12.6. The highest BCUT2D eigenvalue weighted by Gasteiger charge is 2.23. The number of nitrogens with two attached hydrogens (primary N) is 1. The van der Waals surface area contributed by atoms with Crippen LogP contribution >= 0.6 is 0 Å². The fourth-order valence-electron chi connectivity index (χ4n) is 2.24. The van der Waals surface area contributed by atoms with Crippen molar-refractivity contribution in [2.75, 3.05) is 14.2 Å². The number of hydrogen-bond acceptors (Lipinski definition) is 4. The monoisotopic (exact) mass is 285 g/mol. The Hall–Kier alpha value is -2.33. The third kappa shape index (κ3) is 3.41. The molecule has 2 rings (SSSR count). The van der Waals surface area contributed by atoms with Crippen LogP contribution in [-0.2, 0) is 6.42 Å². The Balaban J connectivity index is 2.27. The van der Waals surface area contributed by atoms with Crippen LogP contribution in [0.4, 0.5) is 0 Å². The molecule has 21 heavy (non-hydrogen) atoms. The third-order valence-electron chi connectivity index (χ3n) is 3.31. The van der Waals surface area contributed by atoms with Gasteiger partial charge in [-0.3, -0.25) is 4.79 Å². The van der Waals surface area contributed by atoms with Gasteiger partial charge in [-0.1, -0.05) is 36.4 Å². The van der Waals surface area contributed by atoms with Crippen molar-refractivity contribution in [1.82, 2.24) is 0 Å². The summed E-state index contributed by atoms with van der Waals surface area (Å²) in [6, 6.07) is 14.3. The van der Waals surface area contributed by atoms with Gasteiger partial charge in [0, 0.05) is 0 Å². The zero-order valence-electron chi connectivity index (χ0n) is 12.2. The maximum absolute atomic E-state index is 12.6. The minimum absolute atomic E-state index is 0.187. The van der Waals surface area contributed by atoms with E-state index in [2.05, 4.69) is 0 Å². The maximum Gasteiger partial charge on any atom is 0.187 e. The van der Waals surface area contributed by atoms with Gasteiger partial charge in [0.25, 0.3) is 0 Å². The molecule has 1 atom stereocenters.